The lowest BCUT2D eigenvalue weighted by atomic mass is 9.62. The Kier molecular flexibility index (Phi) is 8.53. The van der Waals surface area contributed by atoms with Gasteiger partial charge in [0, 0.05) is 0 Å². The number of ether oxygens (including phenoxy) is 2. The lowest BCUT2D eigenvalue weighted by Crippen LogP contribution is -2.37. The van der Waals surface area contributed by atoms with Crippen LogP contribution in [0.5, 0.6) is 5.75 Å². The first kappa shape index (κ1) is 22.9. The predicted molar refractivity (Wildman–Crippen MR) is 130 cm³/mol. The molecular formula is C29H44O2. The molecule has 2 nitrogen and oxygen atoms in total. The van der Waals surface area contributed by atoms with Crippen LogP contribution in [0.3, 0.4) is 0 Å². The van der Waals surface area contributed by atoms with Crippen molar-refractivity contribution < 1.29 is 9.47 Å². The van der Waals surface area contributed by atoms with E-state index in [9.17, 15) is 0 Å². The van der Waals surface area contributed by atoms with Crippen LogP contribution in [0.25, 0.3) is 0 Å². The second-order valence-electron chi connectivity index (χ2n) is 10.4. The molecule has 3 aliphatic rings. The zero-order chi connectivity index (χ0) is 21.5. The van der Waals surface area contributed by atoms with Gasteiger partial charge in [-0.25, -0.2) is 0 Å². The van der Waals surface area contributed by atoms with E-state index >= 15 is 0 Å². The largest absolute Gasteiger partial charge is 0.494 e. The molecule has 5 atom stereocenters. The molecule has 2 fully saturated rings. The molecular weight excluding hydrogens is 380 g/mol. The van der Waals surface area contributed by atoms with Crippen LogP contribution < -0.4 is 4.74 Å². The Balaban J connectivity index is 1.26. The van der Waals surface area contributed by atoms with Gasteiger partial charge in [-0.3, -0.25) is 0 Å². The Bertz CT molecular complexity index is 709. The lowest BCUT2D eigenvalue weighted by Gasteiger charge is -2.44. The number of rotatable bonds is 9. The third kappa shape index (κ3) is 6.15. The molecule has 0 N–H and O–H groups in total. The minimum Gasteiger partial charge on any atom is -0.494 e. The molecule has 172 valence electrons. The van der Waals surface area contributed by atoms with Gasteiger partial charge in [-0.05, 0) is 118 Å². The van der Waals surface area contributed by atoms with Crippen molar-refractivity contribution in [2.24, 2.45) is 23.7 Å². The molecule has 1 aromatic rings. The van der Waals surface area contributed by atoms with Crippen molar-refractivity contribution in [1.82, 2.24) is 0 Å². The highest BCUT2D eigenvalue weighted by atomic mass is 16.5. The second-order valence-corrected chi connectivity index (χ2v) is 10.4. The monoisotopic (exact) mass is 424 g/mol. The highest BCUT2D eigenvalue weighted by molar-refractivity contribution is 5.37. The first-order chi connectivity index (χ1) is 15.3. The number of hydrogen-bond donors (Lipinski definition) is 0. The van der Waals surface area contributed by atoms with Gasteiger partial charge < -0.3 is 9.47 Å². The molecule has 0 spiro atoms. The number of allylic oxidation sites excluding steroid dienone is 1. The van der Waals surface area contributed by atoms with Crippen LogP contribution in [0.1, 0.15) is 89.2 Å². The highest BCUT2D eigenvalue weighted by Gasteiger charge is 2.38. The maximum atomic E-state index is 6.10. The fraction of sp³-hybridized carbons (Fsp3) is 0.724. The smallest absolute Gasteiger partial charge is 0.119 e. The first-order valence-corrected chi connectivity index (χ1v) is 13.2. The van der Waals surface area contributed by atoms with E-state index in [1.54, 1.807) is 11.1 Å². The number of fused-ring (bicyclic) bond motifs is 2. The summed E-state index contributed by atoms with van der Waals surface area (Å²) in [6.07, 6.45) is 20.7. The van der Waals surface area contributed by atoms with E-state index in [1.165, 1.54) is 77.0 Å². The van der Waals surface area contributed by atoms with Gasteiger partial charge in [0.2, 0.25) is 0 Å². The molecule has 0 amide bonds. The first-order valence-electron chi connectivity index (χ1n) is 13.2. The van der Waals surface area contributed by atoms with E-state index in [0.29, 0.717) is 6.10 Å². The summed E-state index contributed by atoms with van der Waals surface area (Å²) in [4.78, 5) is 0. The summed E-state index contributed by atoms with van der Waals surface area (Å²) in [6.45, 7) is 5.98. The number of aryl methyl sites for hydroxylation is 1. The van der Waals surface area contributed by atoms with Crippen molar-refractivity contribution in [3.63, 3.8) is 0 Å². The van der Waals surface area contributed by atoms with Gasteiger partial charge in [0.1, 0.15) is 5.75 Å². The Morgan fingerprint density at radius 2 is 1.71 bits per heavy atom. The normalized spacial score (nSPS) is 30.7. The molecule has 0 aromatic heterocycles. The summed E-state index contributed by atoms with van der Waals surface area (Å²) in [5.41, 5.74) is 3.15. The molecule has 3 aliphatic carbocycles. The van der Waals surface area contributed by atoms with E-state index in [1.807, 2.05) is 0 Å². The minimum absolute atomic E-state index is 0.508. The molecule has 0 heterocycles. The maximum Gasteiger partial charge on any atom is 0.119 e. The van der Waals surface area contributed by atoms with Gasteiger partial charge >= 0.3 is 0 Å². The quantitative estimate of drug-likeness (QED) is 0.301. The summed E-state index contributed by atoms with van der Waals surface area (Å²) in [7, 11) is 0. The zero-order valence-electron chi connectivity index (χ0n) is 20.0. The topological polar surface area (TPSA) is 18.5 Å². The lowest BCUT2D eigenvalue weighted by molar-refractivity contribution is -0.0138. The van der Waals surface area contributed by atoms with Crippen LogP contribution in [0, 0.1) is 23.7 Å². The molecule has 0 aliphatic heterocycles. The van der Waals surface area contributed by atoms with Crippen LogP contribution in [0.2, 0.25) is 0 Å². The van der Waals surface area contributed by atoms with E-state index in [4.69, 9.17) is 9.47 Å². The van der Waals surface area contributed by atoms with Gasteiger partial charge in [-0.2, -0.15) is 0 Å². The second kappa shape index (κ2) is 11.5. The Morgan fingerprint density at radius 1 is 0.903 bits per heavy atom. The van der Waals surface area contributed by atoms with Gasteiger partial charge in [-0.1, -0.05) is 38.0 Å². The summed E-state index contributed by atoms with van der Waals surface area (Å²) >= 11 is 0. The van der Waals surface area contributed by atoms with Crippen LogP contribution in [0.4, 0.5) is 0 Å². The standard InChI is InChI=1S/C29H44O2/c1-3-5-7-17-31-29-15-13-25-19-23(9-11-27(25)21-29)22-8-10-26-20-28(30-16-6-4-2)14-12-24(26)18-22/h4,6,13,15,21-24,26,28H,3,5,7-12,14,16-20H2,1-2H3/t22?,23?,24-,26?,28-/m1/s1. The molecule has 31 heavy (non-hydrogen) atoms. The molecule has 2 heteroatoms. The molecule has 0 saturated heterocycles. The third-order valence-corrected chi connectivity index (χ3v) is 8.40. The fourth-order valence-electron chi connectivity index (χ4n) is 6.54. The Morgan fingerprint density at radius 3 is 2.55 bits per heavy atom. The average molecular weight is 425 g/mol. The van der Waals surface area contributed by atoms with Crippen molar-refractivity contribution in [3.8, 4) is 5.75 Å². The maximum absolute atomic E-state index is 6.10. The van der Waals surface area contributed by atoms with Crippen LogP contribution in [-0.4, -0.2) is 19.3 Å². The summed E-state index contributed by atoms with van der Waals surface area (Å²) in [5, 5.41) is 0. The average Bonchev–Trinajstić information content (AvgIpc) is 2.81. The van der Waals surface area contributed by atoms with E-state index in [2.05, 4.69) is 44.2 Å². The van der Waals surface area contributed by atoms with Crippen LogP contribution >= 0.6 is 0 Å². The Hall–Kier alpha value is -1.28. The zero-order valence-corrected chi connectivity index (χ0v) is 20.0. The van der Waals surface area contributed by atoms with Crippen LogP contribution in [-0.2, 0) is 17.6 Å². The molecule has 1 aromatic carbocycles. The highest BCUT2D eigenvalue weighted by Crippen LogP contribution is 2.47. The van der Waals surface area contributed by atoms with Crippen molar-refractivity contribution in [1.29, 1.82) is 0 Å². The van der Waals surface area contributed by atoms with Gasteiger partial charge in [0.05, 0.1) is 19.3 Å². The van der Waals surface area contributed by atoms with Crippen molar-refractivity contribution >= 4 is 0 Å². The summed E-state index contributed by atoms with van der Waals surface area (Å²) in [6, 6.07) is 6.93. The summed E-state index contributed by atoms with van der Waals surface area (Å²) < 4.78 is 12.1. The molecule has 3 unspecified atom stereocenters. The van der Waals surface area contributed by atoms with Crippen molar-refractivity contribution in [2.75, 3.05) is 13.2 Å². The fourth-order valence-corrected chi connectivity index (χ4v) is 6.54. The number of hydrogen-bond acceptors (Lipinski definition) is 2. The van der Waals surface area contributed by atoms with Gasteiger partial charge in [0.15, 0.2) is 0 Å². The molecule has 0 radical (unpaired) electrons. The van der Waals surface area contributed by atoms with Gasteiger partial charge in [-0.15, -0.1) is 0 Å². The number of benzene rings is 1. The van der Waals surface area contributed by atoms with Crippen LogP contribution in [0.15, 0.2) is 30.4 Å². The third-order valence-electron chi connectivity index (χ3n) is 8.40. The minimum atomic E-state index is 0.508. The van der Waals surface area contributed by atoms with E-state index < -0.39 is 0 Å². The number of unbranched alkanes of at least 4 members (excludes halogenated alkanes) is 2. The van der Waals surface area contributed by atoms with Gasteiger partial charge in [0.25, 0.3) is 0 Å². The van der Waals surface area contributed by atoms with Crippen molar-refractivity contribution in [2.45, 2.75) is 97.0 Å². The van der Waals surface area contributed by atoms with Crippen molar-refractivity contribution in [3.05, 3.63) is 41.5 Å². The van der Waals surface area contributed by atoms with E-state index in [-0.39, 0.29) is 0 Å². The predicted octanol–water partition coefficient (Wildman–Crippen LogP) is 7.54. The molecule has 4 rings (SSSR count). The SMILES string of the molecule is CC=CCO[C@@H]1CC[C@@H]2CC(C3CCc4cc(OCCCCC)ccc4C3)CCC2C1. The van der Waals surface area contributed by atoms with E-state index in [0.717, 1.165) is 42.6 Å². The Labute approximate surface area is 190 Å². The molecule has 0 bridgehead atoms. The molecule has 2 saturated carbocycles. The summed E-state index contributed by atoms with van der Waals surface area (Å²) in [5.74, 6) is 4.81.